The first-order valence-electron chi connectivity index (χ1n) is 7.41. The molecule has 0 bridgehead atoms. The second-order valence-electron chi connectivity index (χ2n) is 5.68. The highest BCUT2D eigenvalue weighted by atomic mass is 35.5. The van der Waals surface area contributed by atoms with E-state index in [0.29, 0.717) is 15.6 Å². The van der Waals surface area contributed by atoms with Crippen molar-refractivity contribution in [1.29, 1.82) is 0 Å². The maximum absolute atomic E-state index is 12.3. The first kappa shape index (κ1) is 19.7. The summed E-state index contributed by atoms with van der Waals surface area (Å²) in [5, 5.41) is 3.70. The van der Waals surface area contributed by atoms with Gasteiger partial charge in [-0.1, -0.05) is 29.3 Å². The number of nitrogens with zero attached hydrogens (tertiary/aromatic N) is 1. The van der Waals surface area contributed by atoms with E-state index in [-0.39, 0.29) is 16.8 Å². The van der Waals surface area contributed by atoms with Crippen LogP contribution >= 0.6 is 23.2 Å². The van der Waals surface area contributed by atoms with Crippen LogP contribution in [0.3, 0.4) is 0 Å². The predicted octanol–water partition coefficient (Wildman–Crippen LogP) is 3.73. The van der Waals surface area contributed by atoms with Crippen LogP contribution in [0.1, 0.15) is 28.9 Å². The van der Waals surface area contributed by atoms with E-state index in [4.69, 9.17) is 23.2 Å². The molecule has 2 rings (SSSR count). The predicted molar refractivity (Wildman–Crippen MR) is 99.7 cm³/mol. The third-order valence-electron chi connectivity index (χ3n) is 3.69. The topological polar surface area (TPSA) is 66.5 Å². The number of benzene rings is 2. The monoisotopic (exact) mass is 400 g/mol. The van der Waals surface area contributed by atoms with Gasteiger partial charge < -0.3 is 5.32 Å². The van der Waals surface area contributed by atoms with E-state index in [1.54, 1.807) is 18.2 Å². The fraction of sp³-hybridized carbons (Fsp3) is 0.235. The number of amides is 1. The zero-order valence-corrected chi connectivity index (χ0v) is 16.3. The summed E-state index contributed by atoms with van der Waals surface area (Å²) in [7, 11) is -0.613. The molecular weight excluding hydrogens is 383 g/mol. The van der Waals surface area contributed by atoms with Crippen molar-refractivity contribution >= 4 is 39.1 Å². The molecule has 0 saturated heterocycles. The molecule has 0 radical (unpaired) electrons. The summed E-state index contributed by atoms with van der Waals surface area (Å²) in [4.78, 5) is 12.5. The number of halogens is 2. The van der Waals surface area contributed by atoms with E-state index in [2.05, 4.69) is 5.32 Å². The van der Waals surface area contributed by atoms with Crippen LogP contribution in [-0.2, 0) is 10.0 Å². The summed E-state index contributed by atoms with van der Waals surface area (Å²) >= 11 is 11.9. The highest BCUT2D eigenvalue weighted by Gasteiger charge is 2.18. The van der Waals surface area contributed by atoms with E-state index < -0.39 is 10.0 Å². The molecule has 0 heterocycles. The number of carbonyl (C=O) groups excluding carboxylic acids is 1. The van der Waals surface area contributed by atoms with Gasteiger partial charge in [0.05, 0.1) is 21.0 Å². The Bertz CT molecular complexity index is 881. The zero-order valence-electron chi connectivity index (χ0n) is 14.0. The Balaban J connectivity index is 2.14. The maximum Gasteiger partial charge on any atom is 0.251 e. The highest BCUT2D eigenvalue weighted by Crippen LogP contribution is 2.25. The van der Waals surface area contributed by atoms with Gasteiger partial charge in [-0.25, -0.2) is 12.7 Å². The molecule has 134 valence electrons. The Labute approximate surface area is 157 Å². The van der Waals surface area contributed by atoms with Gasteiger partial charge in [-0.2, -0.15) is 0 Å². The van der Waals surface area contributed by atoms with Gasteiger partial charge in [0.1, 0.15) is 0 Å². The van der Waals surface area contributed by atoms with Crippen molar-refractivity contribution in [2.75, 3.05) is 14.1 Å². The van der Waals surface area contributed by atoms with E-state index in [1.165, 1.54) is 38.4 Å². The minimum Gasteiger partial charge on any atom is -0.346 e. The van der Waals surface area contributed by atoms with E-state index in [9.17, 15) is 13.2 Å². The fourth-order valence-electron chi connectivity index (χ4n) is 2.13. The highest BCUT2D eigenvalue weighted by molar-refractivity contribution is 7.89. The molecule has 0 spiro atoms. The summed E-state index contributed by atoms with van der Waals surface area (Å²) in [5.41, 5.74) is 1.18. The van der Waals surface area contributed by atoms with E-state index in [1.807, 2.05) is 6.92 Å². The smallest absolute Gasteiger partial charge is 0.251 e. The maximum atomic E-state index is 12.3. The van der Waals surface area contributed by atoms with Crippen LogP contribution in [0.5, 0.6) is 0 Å². The number of hydrogen-bond donors (Lipinski definition) is 1. The average Bonchev–Trinajstić information content (AvgIpc) is 2.57. The van der Waals surface area contributed by atoms with E-state index in [0.717, 1.165) is 9.87 Å². The standard InChI is InChI=1S/C17H18Cl2N2O3S/c1-11(13-6-9-15(18)16(19)10-13)20-17(22)12-4-7-14(8-5-12)25(23,24)21(2)3/h4-11H,1-3H3,(H,20,22). The summed E-state index contributed by atoms with van der Waals surface area (Å²) in [6.07, 6.45) is 0. The molecule has 1 atom stereocenters. The fourth-order valence-corrected chi connectivity index (χ4v) is 3.34. The Morgan fingerprint density at radius 1 is 1.04 bits per heavy atom. The molecule has 25 heavy (non-hydrogen) atoms. The largest absolute Gasteiger partial charge is 0.346 e. The molecule has 8 heteroatoms. The third-order valence-corrected chi connectivity index (χ3v) is 6.25. The van der Waals surface area contributed by atoms with Crippen molar-refractivity contribution in [3.8, 4) is 0 Å². The molecule has 1 amide bonds. The lowest BCUT2D eigenvalue weighted by Gasteiger charge is -2.16. The van der Waals surface area contributed by atoms with Crippen molar-refractivity contribution in [1.82, 2.24) is 9.62 Å². The summed E-state index contributed by atoms with van der Waals surface area (Å²) in [6.45, 7) is 1.82. The zero-order chi connectivity index (χ0) is 18.8. The van der Waals surface area contributed by atoms with Crippen molar-refractivity contribution in [3.63, 3.8) is 0 Å². The second-order valence-corrected chi connectivity index (χ2v) is 8.65. The molecule has 5 nitrogen and oxygen atoms in total. The number of rotatable bonds is 5. The van der Waals surface area contributed by atoms with Crippen LogP contribution in [0.25, 0.3) is 0 Å². The van der Waals surface area contributed by atoms with Crippen LogP contribution in [0.4, 0.5) is 0 Å². The van der Waals surface area contributed by atoms with Gasteiger partial charge in [0.15, 0.2) is 0 Å². The van der Waals surface area contributed by atoms with Crippen LogP contribution in [0.15, 0.2) is 47.4 Å². The van der Waals surface area contributed by atoms with Crippen molar-refractivity contribution < 1.29 is 13.2 Å². The lowest BCUT2D eigenvalue weighted by atomic mass is 10.1. The van der Waals surface area contributed by atoms with Gasteiger partial charge in [0.2, 0.25) is 10.0 Å². The lowest BCUT2D eigenvalue weighted by molar-refractivity contribution is 0.0940. The third kappa shape index (κ3) is 4.52. The molecule has 0 aliphatic carbocycles. The molecule has 2 aromatic rings. The quantitative estimate of drug-likeness (QED) is 0.830. The Morgan fingerprint density at radius 2 is 1.64 bits per heavy atom. The van der Waals surface area contributed by atoms with Crippen LogP contribution in [0.2, 0.25) is 10.0 Å². The minimum atomic E-state index is -3.52. The van der Waals surface area contributed by atoms with Gasteiger partial charge in [0, 0.05) is 19.7 Å². The van der Waals surface area contributed by atoms with Crippen molar-refractivity contribution in [3.05, 3.63) is 63.6 Å². The Kier molecular flexibility index (Phi) is 6.11. The van der Waals surface area contributed by atoms with Crippen molar-refractivity contribution in [2.45, 2.75) is 17.9 Å². The van der Waals surface area contributed by atoms with E-state index >= 15 is 0 Å². The number of sulfonamides is 1. The van der Waals surface area contributed by atoms with Crippen molar-refractivity contribution in [2.24, 2.45) is 0 Å². The molecular formula is C17H18Cl2N2O3S. The van der Waals surface area contributed by atoms with Gasteiger partial charge in [-0.15, -0.1) is 0 Å². The van der Waals surface area contributed by atoms with Crippen LogP contribution < -0.4 is 5.32 Å². The molecule has 0 aliphatic heterocycles. The molecule has 0 aromatic heterocycles. The molecule has 0 fully saturated rings. The summed E-state index contributed by atoms with van der Waals surface area (Å²) < 4.78 is 25.2. The normalized spacial score (nSPS) is 12.9. The Hall–Kier alpha value is -1.60. The van der Waals surface area contributed by atoms with Gasteiger partial charge in [0.25, 0.3) is 5.91 Å². The SMILES string of the molecule is CC(NC(=O)c1ccc(S(=O)(=O)N(C)C)cc1)c1ccc(Cl)c(Cl)c1. The second kappa shape index (κ2) is 7.74. The molecule has 2 aromatic carbocycles. The summed E-state index contributed by atoms with van der Waals surface area (Å²) in [5.74, 6) is -0.313. The lowest BCUT2D eigenvalue weighted by Crippen LogP contribution is -2.27. The number of nitrogens with one attached hydrogen (secondary N) is 1. The minimum absolute atomic E-state index is 0.131. The molecule has 0 saturated carbocycles. The van der Waals surface area contributed by atoms with Crippen LogP contribution in [-0.4, -0.2) is 32.7 Å². The summed E-state index contributed by atoms with van der Waals surface area (Å²) in [6, 6.07) is 10.6. The van der Waals surface area contributed by atoms with Gasteiger partial charge >= 0.3 is 0 Å². The Morgan fingerprint density at radius 3 is 2.16 bits per heavy atom. The molecule has 0 aliphatic rings. The first-order chi connectivity index (χ1) is 11.6. The first-order valence-corrected chi connectivity index (χ1v) is 9.61. The van der Waals surface area contributed by atoms with Gasteiger partial charge in [-0.05, 0) is 48.9 Å². The van der Waals surface area contributed by atoms with Gasteiger partial charge in [-0.3, -0.25) is 4.79 Å². The number of carbonyl (C=O) groups is 1. The average molecular weight is 401 g/mol. The molecule has 1 N–H and O–H groups in total. The molecule has 1 unspecified atom stereocenters. The van der Waals surface area contributed by atoms with Crippen LogP contribution in [0, 0.1) is 0 Å². The number of hydrogen-bond acceptors (Lipinski definition) is 3.